The SMILES string of the molecule is O=C(Nc1ccccc1)c1ccc(CS(=O)(=O)N2CCOCC2)cc1. The van der Waals surface area contributed by atoms with Crippen LogP contribution in [0.3, 0.4) is 0 Å². The average Bonchev–Trinajstić information content (AvgIpc) is 2.63. The van der Waals surface area contributed by atoms with Gasteiger partial charge in [0.2, 0.25) is 10.0 Å². The summed E-state index contributed by atoms with van der Waals surface area (Å²) in [7, 11) is -3.37. The van der Waals surface area contributed by atoms with Gasteiger partial charge in [-0.2, -0.15) is 4.31 Å². The molecule has 0 radical (unpaired) electrons. The normalized spacial score (nSPS) is 15.7. The van der Waals surface area contributed by atoms with Crippen LogP contribution in [-0.4, -0.2) is 44.9 Å². The third kappa shape index (κ3) is 4.66. The second kappa shape index (κ2) is 7.77. The highest BCUT2D eigenvalue weighted by molar-refractivity contribution is 7.88. The van der Waals surface area contributed by atoms with Crippen LogP contribution in [0.15, 0.2) is 54.6 Å². The Morgan fingerprint density at radius 3 is 2.28 bits per heavy atom. The van der Waals surface area contributed by atoms with Gasteiger partial charge in [0.25, 0.3) is 5.91 Å². The summed E-state index contributed by atoms with van der Waals surface area (Å²) >= 11 is 0. The van der Waals surface area contributed by atoms with E-state index in [9.17, 15) is 13.2 Å². The van der Waals surface area contributed by atoms with Gasteiger partial charge in [-0.15, -0.1) is 0 Å². The lowest BCUT2D eigenvalue weighted by Gasteiger charge is -2.26. The lowest BCUT2D eigenvalue weighted by atomic mass is 10.1. The molecule has 1 heterocycles. The van der Waals surface area contributed by atoms with Crippen LogP contribution in [-0.2, 0) is 20.5 Å². The molecule has 1 aliphatic heterocycles. The molecule has 3 rings (SSSR count). The highest BCUT2D eigenvalue weighted by Crippen LogP contribution is 2.15. The number of anilines is 1. The summed E-state index contributed by atoms with van der Waals surface area (Å²) < 4.78 is 31.4. The van der Waals surface area contributed by atoms with Crippen molar-refractivity contribution < 1.29 is 17.9 Å². The molecule has 1 N–H and O–H groups in total. The van der Waals surface area contributed by atoms with Crippen LogP contribution in [0.1, 0.15) is 15.9 Å². The van der Waals surface area contributed by atoms with Gasteiger partial charge in [0.05, 0.1) is 19.0 Å². The van der Waals surface area contributed by atoms with Crippen molar-refractivity contribution in [3.8, 4) is 0 Å². The summed E-state index contributed by atoms with van der Waals surface area (Å²) in [5.41, 5.74) is 1.85. The van der Waals surface area contributed by atoms with Crippen molar-refractivity contribution in [2.24, 2.45) is 0 Å². The van der Waals surface area contributed by atoms with E-state index < -0.39 is 10.0 Å². The van der Waals surface area contributed by atoms with E-state index >= 15 is 0 Å². The second-order valence-corrected chi connectivity index (χ2v) is 7.75. The van der Waals surface area contributed by atoms with Gasteiger partial charge in [-0.1, -0.05) is 30.3 Å². The van der Waals surface area contributed by atoms with Gasteiger partial charge < -0.3 is 10.1 Å². The molecule has 0 saturated carbocycles. The van der Waals surface area contributed by atoms with Crippen LogP contribution in [0.5, 0.6) is 0 Å². The number of morpholine rings is 1. The van der Waals surface area contributed by atoms with E-state index in [-0.39, 0.29) is 11.7 Å². The maximum Gasteiger partial charge on any atom is 0.255 e. The number of hydrogen-bond acceptors (Lipinski definition) is 4. The lowest BCUT2D eigenvalue weighted by molar-refractivity contribution is 0.0729. The number of ether oxygens (including phenoxy) is 1. The average molecular weight is 360 g/mol. The number of amides is 1. The Balaban J connectivity index is 1.64. The Morgan fingerprint density at radius 1 is 1.00 bits per heavy atom. The summed E-state index contributed by atoms with van der Waals surface area (Å²) in [5.74, 6) is -0.304. The standard InChI is InChI=1S/C18H20N2O4S/c21-18(19-17-4-2-1-3-5-17)16-8-6-15(7-9-16)14-25(22,23)20-10-12-24-13-11-20/h1-9H,10-14H2,(H,19,21). The zero-order chi connectivity index (χ0) is 17.7. The first kappa shape index (κ1) is 17.6. The van der Waals surface area contributed by atoms with Crippen LogP contribution in [0.2, 0.25) is 0 Å². The van der Waals surface area contributed by atoms with Crippen molar-refractivity contribution >= 4 is 21.6 Å². The van der Waals surface area contributed by atoms with Gasteiger partial charge in [-0.05, 0) is 29.8 Å². The molecule has 2 aromatic rings. The summed E-state index contributed by atoms with van der Waals surface area (Å²) in [4.78, 5) is 12.2. The molecule has 0 spiro atoms. The van der Waals surface area contributed by atoms with Crippen LogP contribution < -0.4 is 5.32 Å². The van der Waals surface area contributed by atoms with Crippen molar-refractivity contribution in [2.45, 2.75) is 5.75 Å². The van der Waals surface area contributed by atoms with E-state index in [1.54, 1.807) is 36.4 Å². The van der Waals surface area contributed by atoms with Crippen molar-refractivity contribution in [1.29, 1.82) is 0 Å². The molecule has 6 nitrogen and oxygen atoms in total. The Bertz CT molecular complexity index is 814. The molecule has 0 unspecified atom stereocenters. The molecule has 0 aliphatic carbocycles. The van der Waals surface area contributed by atoms with E-state index in [0.717, 1.165) is 0 Å². The molecule has 1 fully saturated rings. The Labute approximate surface area is 147 Å². The summed E-state index contributed by atoms with van der Waals surface area (Å²) in [5, 5.41) is 2.80. The minimum absolute atomic E-state index is 0.0758. The molecule has 0 bridgehead atoms. The van der Waals surface area contributed by atoms with E-state index in [2.05, 4.69) is 5.32 Å². The van der Waals surface area contributed by atoms with Gasteiger partial charge in [0.15, 0.2) is 0 Å². The van der Waals surface area contributed by atoms with Crippen LogP contribution in [0.25, 0.3) is 0 Å². The molecule has 132 valence electrons. The summed E-state index contributed by atoms with van der Waals surface area (Å²) in [6.45, 7) is 1.63. The third-order valence-corrected chi connectivity index (χ3v) is 5.81. The number of nitrogens with one attached hydrogen (secondary N) is 1. The zero-order valence-electron chi connectivity index (χ0n) is 13.7. The van der Waals surface area contributed by atoms with Crippen molar-refractivity contribution in [3.05, 3.63) is 65.7 Å². The molecular formula is C18H20N2O4S. The van der Waals surface area contributed by atoms with Crippen molar-refractivity contribution in [1.82, 2.24) is 4.31 Å². The fourth-order valence-electron chi connectivity index (χ4n) is 2.60. The second-order valence-electron chi connectivity index (χ2n) is 5.78. The van der Waals surface area contributed by atoms with Gasteiger partial charge in [-0.25, -0.2) is 8.42 Å². The molecule has 7 heteroatoms. The fourth-order valence-corrected chi connectivity index (χ4v) is 4.11. The van der Waals surface area contributed by atoms with E-state index in [0.29, 0.717) is 43.1 Å². The minimum Gasteiger partial charge on any atom is -0.379 e. The zero-order valence-corrected chi connectivity index (χ0v) is 14.5. The van der Waals surface area contributed by atoms with Gasteiger partial charge in [0.1, 0.15) is 0 Å². The number of para-hydroxylation sites is 1. The lowest BCUT2D eigenvalue weighted by Crippen LogP contribution is -2.41. The number of benzene rings is 2. The molecule has 1 amide bonds. The van der Waals surface area contributed by atoms with Gasteiger partial charge >= 0.3 is 0 Å². The van der Waals surface area contributed by atoms with Crippen molar-refractivity contribution in [2.75, 3.05) is 31.6 Å². The largest absolute Gasteiger partial charge is 0.379 e. The summed E-state index contributed by atoms with van der Waals surface area (Å²) in [6, 6.07) is 15.8. The van der Waals surface area contributed by atoms with Crippen LogP contribution in [0, 0.1) is 0 Å². The van der Waals surface area contributed by atoms with E-state index in [1.165, 1.54) is 4.31 Å². The molecular weight excluding hydrogens is 340 g/mol. The van der Waals surface area contributed by atoms with E-state index in [4.69, 9.17) is 4.74 Å². The predicted octanol–water partition coefficient (Wildman–Crippen LogP) is 2.10. The maximum atomic E-state index is 12.4. The molecule has 25 heavy (non-hydrogen) atoms. The number of carbonyl (C=O) groups excluding carboxylic acids is 1. The quantitative estimate of drug-likeness (QED) is 0.886. The highest BCUT2D eigenvalue weighted by atomic mass is 32.2. The molecule has 2 aromatic carbocycles. The van der Waals surface area contributed by atoms with Crippen LogP contribution in [0.4, 0.5) is 5.69 Å². The molecule has 0 atom stereocenters. The number of rotatable bonds is 5. The Kier molecular flexibility index (Phi) is 5.47. The maximum absolute atomic E-state index is 12.4. The Hall–Kier alpha value is -2.22. The predicted molar refractivity (Wildman–Crippen MR) is 95.9 cm³/mol. The highest BCUT2D eigenvalue weighted by Gasteiger charge is 2.24. The van der Waals surface area contributed by atoms with Crippen molar-refractivity contribution in [3.63, 3.8) is 0 Å². The fraction of sp³-hybridized carbons (Fsp3) is 0.278. The monoisotopic (exact) mass is 360 g/mol. The van der Waals surface area contributed by atoms with Gasteiger partial charge in [-0.3, -0.25) is 4.79 Å². The topological polar surface area (TPSA) is 75.7 Å². The number of sulfonamides is 1. The summed E-state index contributed by atoms with van der Waals surface area (Å²) in [6.07, 6.45) is 0. The van der Waals surface area contributed by atoms with Crippen LogP contribution >= 0.6 is 0 Å². The van der Waals surface area contributed by atoms with Gasteiger partial charge in [0, 0.05) is 24.3 Å². The van der Waals surface area contributed by atoms with E-state index in [1.807, 2.05) is 18.2 Å². The molecule has 1 saturated heterocycles. The number of hydrogen-bond donors (Lipinski definition) is 1. The Morgan fingerprint density at radius 2 is 1.64 bits per heavy atom. The number of nitrogens with zero attached hydrogens (tertiary/aromatic N) is 1. The number of carbonyl (C=O) groups is 1. The molecule has 1 aliphatic rings. The first-order valence-corrected chi connectivity index (χ1v) is 9.66. The third-order valence-electron chi connectivity index (χ3n) is 3.96. The first-order chi connectivity index (χ1) is 12.0. The first-order valence-electron chi connectivity index (χ1n) is 8.05. The minimum atomic E-state index is -3.37. The molecule has 0 aromatic heterocycles. The smallest absolute Gasteiger partial charge is 0.255 e.